The molecule has 3 N–H and O–H groups in total. The summed E-state index contributed by atoms with van der Waals surface area (Å²) in [5, 5.41) is 6.12. The van der Waals surface area contributed by atoms with Crippen molar-refractivity contribution in [1.29, 1.82) is 0 Å². The second-order valence-corrected chi connectivity index (χ2v) is 7.97. The highest BCUT2D eigenvalue weighted by molar-refractivity contribution is 6.06. The molecule has 3 aromatic rings. The van der Waals surface area contributed by atoms with Gasteiger partial charge < -0.3 is 29.8 Å². The fourth-order valence-electron chi connectivity index (χ4n) is 4.17. The summed E-state index contributed by atoms with van der Waals surface area (Å²) in [5.74, 6) is -0.0364. The number of halogens is 1. The highest BCUT2D eigenvalue weighted by Crippen LogP contribution is 2.42. The van der Waals surface area contributed by atoms with E-state index in [-0.39, 0.29) is 17.8 Å². The normalized spacial score (nSPS) is 17.0. The first-order valence-electron chi connectivity index (χ1n) is 11.0. The van der Waals surface area contributed by atoms with E-state index in [9.17, 15) is 9.18 Å². The molecule has 5 rings (SSSR count). The number of H-pyrrole nitrogens is 1. The highest BCUT2D eigenvalue weighted by atomic mass is 19.1. The molecular formula is C24H25FN4O4. The molecule has 2 aliphatic rings. The quantitative estimate of drug-likeness (QED) is 0.481. The molecule has 0 unspecified atom stereocenters. The van der Waals surface area contributed by atoms with Crippen LogP contribution >= 0.6 is 0 Å². The summed E-state index contributed by atoms with van der Waals surface area (Å²) in [6.45, 7) is 1.83. The summed E-state index contributed by atoms with van der Waals surface area (Å²) in [7, 11) is 1.41. The van der Waals surface area contributed by atoms with Crippen molar-refractivity contribution in [2.45, 2.75) is 25.4 Å². The molecule has 33 heavy (non-hydrogen) atoms. The van der Waals surface area contributed by atoms with E-state index in [0.29, 0.717) is 48.0 Å². The van der Waals surface area contributed by atoms with Crippen LogP contribution in [-0.4, -0.2) is 48.8 Å². The third-order valence-electron chi connectivity index (χ3n) is 5.94. The molecule has 9 heteroatoms. The van der Waals surface area contributed by atoms with Gasteiger partial charge in [0.15, 0.2) is 11.6 Å². The molecular weight excluding hydrogens is 427 g/mol. The van der Waals surface area contributed by atoms with Gasteiger partial charge in [-0.3, -0.25) is 9.78 Å². The molecule has 0 saturated carbocycles. The van der Waals surface area contributed by atoms with Crippen molar-refractivity contribution in [3.05, 3.63) is 53.7 Å². The minimum absolute atomic E-state index is 0.0707. The number of anilines is 2. The molecule has 172 valence electrons. The lowest BCUT2D eigenvalue weighted by molar-refractivity contribution is -0.0596. The van der Waals surface area contributed by atoms with E-state index in [1.54, 1.807) is 24.5 Å². The number of benzene rings is 1. The van der Waals surface area contributed by atoms with Crippen LogP contribution < -0.4 is 20.1 Å². The van der Waals surface area contributed by atoms with E-state index in [1.807, 2.05) is 6.07 Å². The summed E-state index contributed by atoms with van der Waals surface area (Å²) in [5.41, 5.74) is 3.66. The average molecular weight is 452 g/mol. The van der Waals surface area contributed by atoms with Gasteiger partial charge >= 0.3 is 0 Å². The topological polar surface area (TPSA) is 97.5 Å². The zero-order chi connectivity index (χ0) is 22.8. The number of ether oxygens (including phenoxy) is 3. The number of pyridine rings is 1. The maximum absolute atomic E-state index is 14.3. The lowest BCUT2D eigenvalue weighted by atomic mass is 10.0. The molecule has 2 aromatic heterocycles. The number of aromatic nitrogens is 2. The fraction of sp³-hybridized carbons (Fsp3) is 0.333. The first-order chi connectivity index (χ1) is 16.2. The number of para-hydroxylation sites is 1. The third kappa shape index (κ3) is 4.11. The Morgan fingerprint density at radius 3 is 3.00 bits per heavy atom. The van der Waals surface area contributed by atoms with Crippen LogP contribution in [0.2, 0.25) is 0 Å². The molecule has 0 radical (unpaired) electrons. The lowest BCUT2D eigenvalue weighted by Crippen LogP contribution is -2.31. The molecule has 0 aliphatic carbocycles. The number of hydrogen-bond donors (Lipinski definition) is 3. The third-order valence-corrected chi connectivity index (χ3v) is 5.94. The van der Waals surface area contributed by atoms with Crippen molar-refractivity contribution in [3.63, 3.8) is 0 Å². The van der Waals surface area contributed by atoms with Crippen LogP contribution in [-0.2, 0) is 11.2 Å². The zero-order valence-corrected chi connectivity index (χ0v) is 18.2. The zero-order valence-electron chi connectivity index (χ0n) is 18.2. The molecule has 4 heterocycles. The number of nitrogens with one attached hydrogen (secondary N) is 3. The van der Waals surface area contributed by atoms with E-state index in [4.69, 9.17) is 14.2 Å². The summed E-state index contributed by atoms with van der Waals surface area (Å²) in [4.78, 5) is 20.4. The number of rotatable bonds is 8. The Hall–Kier alpha value is -3.59. The lowest BCUT2D eigenvalue weighted by Gasteiger charge is -2.26. The fourth-order valence-corrected chi connectivity index (χ4v) is 4.17. The molecule has 0 bridgehead atoms. The number of carbonyl (C=O) groups excluding carboxylic acids is 1. The van der Waals surface area contributed by atoms with Gasteiger partial charge in [-0.2, -0.15) is 0 Å². The second-order valence-electron chi connectivity index (χ2n) is 7.97. The number of nitrogens with zero attached hydrogens (tertiary/aromatic N) is 1. The van der Waals surface area contributed by atoms with E-state index >= 15 is 0 Å². The van der Waals surface area contributed by atoms with E-state index < -0.39 is 5.82 Å². The molecule has 2 aliphatic heterocycles. The largest absolute Gasteiger partial charge is 0.492 e. The van der Waals surface area contributed by atoms with Gasteiger partial charge in [0.25, 0.3) is 5.91 Å². The van der Waals surface area contributed by atoms with Crippen molar-refractivity contribution < 1.29 is 23.4 Å². The minimum atomic E-state index is -0.496. The molecule has 1 saturated heterocycles. The van der Waals surface area contributed by atoms with Gasteiger partial charge in [0.05, 0.1) is 48.6 Å². The summed E-state index contributed by atoms with van der Waals surface area (Å²) in [6, 6.07) is 6.44. The van der Waals surface area contributed by atoms with Crippen molar-refractivity contribution in [2.24, 2.45) is 0 Å². The Morgan fingerprint density at radius 1 is 1.33 bits per heavy atom. The molecule has 0 spiro atoms. The van der Waals surface area contributed by atoms with Gasteiger partial charge in [0.2, 0.25) is 0 Å². The number of amides is 1. The first-order valence-corrected chi connectivity index (χ1v) is 11.0. The van der Waals surface area contributed by atoms with Crippen LogP contribution in [0.5, 0.6) is 11.5 Å². The van der Waals surface area contributed by atoms with Gasteiger partial charge in [-0.25, -0.2) is 4.39 Å². The molecule has 1 aromatic carbocycles. The van der Waals surface area contributed by atoms with E-state index in [0.717, 1.165) is 30.7 Å². The van der Waals surface area contributed by atoms with E-state index in [1.165, 1.54) is 13.2 Å². The summed E-state index contributed by atoms with van der Waals surface area (Å²) < 4.78 is 31.1. The van der Waals surface area contributed by atoms with Gasteiger partial charge in [-0.05, 0) is 24.6 Å². The van der Waals surface area contributed by atoms with Crippen molar-refractivity contribution >= 4 is 17.3 Å². The van der Waals surface area contributed by atoms with Crippen LogP contribution in [0.3, 0.4) is 0 Å². The molecule has 1 atom stereocenters. The van der Waals surface area contributed by atoms with Crippen LogP contribution in [0.15, 0.2) is 36.7 Å². The molecule has 8 nitrogen and oxygen atoms in total. The van der Waals surface area contributed by atoms with Gasteiger partial charge in [0.1, 0.15) is 5.75 Å². The number of fused-ring (bicyclic) bond motifs is 1. The maximum atomic E-state index is 14.3. The number of aromatic amines is 1. The van der Waals surface area contributed by atoms with E-state index in [2.05, 4.69) is 20.6 Å². The van der Waals surface area contributed by atoms with Crippen molar-refractivity contribution in [3.8, 4) is 22.8 Å². The first kappa shape index (κ1) is 21.3. The van der Waals surface area contributed by atoms with Gasteiger partial charge in [-0.15, -0.1) is 0 Å². The number of carbonyl (C=O) groups is 1. The Labute approximate surface area is 190 Å². The van der Waals surface area contributed by atoms with Crippen LogP contribution in [0, 0.1) is 5.82 Å². The predicted octanol–water partition coefficient (Wildman–Crippen LogP) is 3.81. The van der Waals surface area contributed by atoms with Crippen molar-refractivity contribution in [2.75, 3.05) is 32.2 Å². The Morgan fingerprint density at radius 2 is 2.21 bits per heavy atom. The Balaban J connectivity index is 1.55. The summed E-state index contributed by atoms with van der Waals surface area (Å²) >= 11 is 0. The summed E-state index contributed by atoms with van der Waals surface area (Å²) in [6.07, 6.45) is 6.06. The Bertz CT molecular complexity index is 1180. The monoisotopic (exact) mass is 452 g/mol. The molecule has 1 amide bonds. The average Bonchev–Trinajstić information content (AvgIpc) is 3.15. The van der Waals surface area contributed by atoms with Gasteiger partial charge in [-0.1, -0.05) is 6.07 Å². The minimum Gasteiger partial charge on any atom is -0.492 e. The standard InChI is InChI=1S/C24H25FN4O4/c1-31-23-16(25)3-2-4-18(23)29-22-20-17(6-10-27-24(20)30)28-21(22)15-5-9-26-13-19(15)33-12-8-14-7-11-32-14/h2-5,9,13-14,28-29H,6-8,10-12H2,1H3,(H,27,30)/t14-/m0/s1. The number of hydrogen-bond acceptors (Lipinski definition) is 6. The number of methoxy groups -OCH3 is 1. The predicted molar refractivity (Wildman–Crippen MR) is 121 cm³/mol. The SMILES string of the molecule is COc1c(F)cccc1Nc1c(-c2ccncc2OCC[C@@H]2CCO2)[nH]c2c1C(=O)NCC2. The highest BCUT2D eigenvalue weighted by Gasteiger charge is 2.29. The Kier molecular flexibility index (Phi) is 5.87. The van der Waals surface area contributed by atoms with Crippen LogP contribution in [0.25, 0.3) is 11.3 Å². The maximum Gasteiger partial charge on any atom is 0.255 e. The van der Waals surface area contributed by atoms with Crippen LogP contribution in [0.1, 0.15) is 28.9 Å². The second kappa shape index (κ2) is 9.11. The van der Waals surface area contributed by atoms with Crippen molar-refractivity contribution in [1.82, 2.24) is 15.3 Å². The smallest absolute Gasteiger partial charge is 0.255 e. The van der Waals surface area contributed by atoms with Crippen LogP contribution in [0.4, 0.5) is 15.8 Å². The molecule has 1 fully saturated rings. The van der Waals surface area contributed by atoms with Gasteiger partial charge in [0, 0.05) is 43.4 Å².